The van der Waals surface area contributed by atoms with Gasteiger partial charge in [-0.2, -0.15) is 5.26 Å². The summed E-state index contributed by atoms with van der Waals surface area (Å²) in [5.74, 6) is -0.0177. The van der Waals surface area contributed by atoms with E-state index >= 15 is 0 Å². The van der Waals surface area contributed by atoms with Crippen LogP contribution in [0.4, 0.5) is 0 Å². The van der Waals surface area contributed by atoms with Gasteiger partial charge in [0.25, 0.3) is 10.0 Å². The highest BCUT2D eigenvalue weighted by molar-refractivity contribution is 8.11. The van der Waals surface area contributed by atoms with Crippen LogP contribution in [0.1, 0.15) is 19.4 Å². The number of nitriles is 1. The van der Waals surface area contributed by atoms with Gasteiger partial charge in [-0.15, -0.1) is 3.71 Å². The fourth-order valence-electron chi connectivity index (χ4n) is 3.12. The largest absolute Gasteiger partial charge is 0.378 e. The molecule has 8 heteroatoms. The molecule has 0 N–H and O–H groups in total. The number of aryl methyl sites for hydroxylation is 1. The molecule has 1 saturated heterocycles. The zero-order chi connectivity index (χ0) is 18.9. The van der Waals surface area contributed by atoms with Gasteiger partial charge in [-0.1, -0.05) is 31.5 Å². The van der Waals surface area contributed by atoms with Gasteiger partial charge in [-0.3, -0.25) is 0 Å². The summed E-state index contributed by atoms with van der Waals surface area (Å²) in [6.45, 7) is 8.31. The molecule has 6 nitrogen and oxygen atoms in total. The van der Waals surface area contributed by atoms with Crippen molar-refractivity contribution in [1.82, 2.24) is 8.61 Å². The zero-order valence-corrected chi connectivity index (χ0v) is 16.8. The van der Waals surface area contributed by atoms with Crippen molar-refractivity contribution >= 4 is 22.0 Å². The second kappa shape index (κ2) is 7.61. The van der Waals surface area contributed by atoms with Crippen molar-refractivity contribution in [2.24, 2.45) is 5.92 Å². The van der Waals surface area contributed by atoms with Crippen LogP contribution >= 0.6 is 11.9 Å². The van der Waals surface area contributed by atoms with Crippen molar-refractivity contribution in [2.75, 3.05) is 26.3 Å². The molecule has 0 bridgehead atoms. The van der Waals surface area contributed by atoms with Gasteiger partial charge in [-0.25, -0.2) is 8.42 Å². The SMILES string of the molecule is Cc1ccc(S(=O)(=O)N2SC(N3CCOCC3)=C(C#N)C2C(C)C)cc1. The normalized spacial score (nSPS) is 22.1. The third kappa shape index (κ3) is 3.49. The Balaban J connectivity index is 2.00. The predicted molar refractivity (Wildman–Crippen MR) is 101 cm³/mol. The summed E-state index contributed by atoms with van der Waals surface area (Å²) >= 11 is 1.17. The Morgan fingerprint density at radius 3 is 2.38 bits per heavy atom. The summed E-state index contributed by atoms with van der Waals surface area (Å²) < 4.78 is 33.3. The molecule has 0 aliphatic carbocycles. The summed E-state index contributed by atoms with van der Waals surface area (Å²) in [6, 6.07) is 8.63. The van der Waals surface area contributed by atoms with Crippen LogP contribution in [-0.4, -0.2) is 49.4 Å². The first-order valence-corrected chi connectivity index (χ1v) is 10.8. The molecule has 1 unspecified atom stereocenters. The Morgan fingerprint density at radius 2 is 1.85 bits per heavy atom. The lowest BCUT2D eigenvalue weighted by molar-refractivity contribution is 0.0574. The molecule has 1 aromatic rings. The van der Waals surface area contributed by atoms with Gasteiger partial charge in [0.15, 0.2) is 0 Å². The maximum Gasteiger partial charge on any atom is 0.253 e. The van der Waals surface area contributed by atoms with E-state index in [0.29, 0.717) is 31.9 Å². The van der Waals surface area contributed by atoms with Crippen LogP contribution in [-0.2, 0) is 14.8 Å². The minimum Gasteiger partial charge on any atom is -0.378 e. The van der Waals surface area contributed by atoms with E-state index in [2.05, 4.69) is 11.0 Å². The molecule has 0 spiro atoms. The molecule has 0 aromatic heterocycles. The minimum atomic E-state index is -3.72. The summed E-state index contributed by atoms with van der Waals surface area (Å²) in [5.41, 5.74) is 1.53. The van der Waals surface area contributed by atoms with Crippen LogP contribution in [0.25, 0.3) is 0 Å². The summed E-state index contributed by atoms with van der Waals surface area (Å²) in [6.07, 6.45) is 0. The van der Waals surface area contributed by atoms with Gasteiger partial charge >= 0.3 is 0 Å². The van der Waals surface area contributed by atoms with Gasteiger partial charge in [0.2, 0.25) is 0 Å². The highest BCUT2D eigenvalue weighted by atomic mass is 32.3. The van der Waals surface area contributed by atoms with Crippen LogP contribution in [0.15, 0.2) is 39.8 Å². The highest BCUT2D eigenvalue weighted by Crippen LogP contribution is 2.45. The first kappa shape index (κ1) is 19.2. The Hall–Kier alpha value is -1.53. The number of nitrogens with zero attached hydrogens (tertiary/aromatic N) is 3. The smallest absolute Gasteiger partial charge is 0.253 e. The first-order chi connectivity index (χ1) is 12.4. The topological polar surface area (TPSA) is 73.6 Å². The monoisotopic (exact) mass is 393 g/mol. The molecule has 2 aliphatic heterocycles. The molecule has 1 fully saturated rings. The molecule has 1 atom stereocenters. The Morgan fingerprint density at radius 1 is 1.23 bits per heavy atom. The van der Waals surface area contributed by atoms with Crippen molar-refractivity contribution < 1.29 is 13.2 Å². The third-order valence-corrected chi connectivity index (χ3v) is 7.97. The molecule has 0 saturated carbocycles. The molecule has 1 aromatic carbocycles. The van der Waals surface area contributed by atoms with E-state index in [0.717, 1.165) is 10.6 Å². The Bertz CT molecular complexity index is 835. The number of benzene rings is 1. The summed E-state index contributed by atoms with van der Waals surface area (Å²) in [7, 11) is -3.72. The second-order valence-corrected chi connectivity index (χ2v) is 9.79. The van der Waals surface area contributed by atoms with Crippen LogP contribution in [0.2, 0.25) is 0 Å². The number of ether oxygens (including phenoxy) is 1. The van der Waals surface area contributed by atoms with Crippen molar-refractivity contribution in [2.45, 2.75) is 31.7 Å². The second-order valence-electron chi connectivity index (χ2n) is 6.78. The number of hydrogen-bond acceptors (Lipinski definition) is 6. The van der Waals surface area contributed by atoms with E-state index in [1.54, 1.807) is 24.3 Å². The molecule has 0 radical (unpaired) electrons. The van der Waals surface area contributed by atoms with E-state index < -0.39 is 16.1 Å². The van der Waals surface area contributed by atoms with Crippen LogP contribution in [0, 0.1) is 24.2 Å². The third-order valence-electron chi connectivity index (χ3n) is 4.54. The van der Waals surface area contributed by atoms with Crippen molar-refractivity contribution in [3.63, 3.8) is 0 Å². The van der Waals surface area contributed by atoms with Gasteiger partial charge < -0.3 is 9.64 Å². The van der Waals surface area contributed by atoms with E-state index in [9.17, 15) is 13.7 Å². The van der Waals surface area contributed by atoms with Gasteiger partial charge in [0.1, 0.15) is 5.03 Å². The lowest BCUT2D eigenvalue weighted by Gasteiger charge is -2.29. The predicted octanol–water partition coefficient (Wildman–Crippen LogP) is 2.74. The average Bonchev–Trinajstić information content (AvgIpc) is 3.03. The maximum atomic E-state index is 13.3. The Kier molecular flexibility index (Phi) is 5.63. The molecule has 3 rings (SSSR count). The average molecular weight is 394 g/mol. The lowest BCUT2D eigenvalue weighted by atomic mass is 9.98. The van der Waals surface area contributed by atoms with Crippen molar-refractivity contribution in [3.05, 3.63) is 40.4 Å². The van der Waals surface area contributed by atoms with Crippen molar-refractivity contribution in [3.8, 4) is 6.07 Å². The van der Waals surface area contributed by atoms with Gasteiger partial charge in [0, 0.05) is 13.1 Å². The molecule has 26 heavy (non-hydrogen) atoms. The minimum absolute atomic E-state index is 0.0177. The van der Waals surface area contributed by atoms with Gasteiger partial charge in [0.05, 0.1) is 35.8 Å². The van der Waals surface area contributed by atoms with E-state index in [-0.39, 0.29) is 10.8 Å². The standard InChI is InChI=1S/C18H23N3O3S2/c1-13(2)17-16(12-19)18(20-8-10-24-11-9-20)25-21(17)26(22,23)15-6-4-14(3)5-7-15/h4-7,13,17H,8-11H2,1-3H3. The van der Waals surface area contributed by atoms with Crippen LogP contribution < -0.4 is 0 Å². The molecular formula is C18H23N3O3S2. The number of hydrogen-bond donors (Lipinski definition) is 0. The number of morpholine rings is 1. The fourth-order valence-corrected chi connectivity index (χ4v) is 6.51. The number of sulfonamides is 1. The first-order valence-electron chi connectivity index (χ1n) is 8.62. The maximum absolute atomic E-state index is 13.3. The van der Waals surface area contributed by atoms with E-state index in [1.165, 1.54) is 15.7 Å². The van der Waals surface area contributed by atoms with E-state index in [4.69, 9.17) is 4.74 Å². The molecule has 0 amide bonds. The highest BCUT2D eigenvalue weighted by Gasteiger charge is 2.45. The molecule has 2 aliphatic rings. The summed E-state index contributed by atoms with van der Waals surface area (Å²) in [4.78, 5) is 2.31. The van der Waals surface area contributed by atoms with Crippen LogP contribution in [0.5, 0.6) is 0 Å². The Labute approximate surface area is 159 Å². The van der Waals surface area contributed by atoms with Gasteiger partial charge in [-0.05, 0) is 36.9 Å². The molecule has 2 heterocycles. The lowest BCUT2D eigenvalue weighted by Crippen LogP contribution is -2.36. The quantitative estimate of drug-likeness (QED) is 0.733. The van der Waals surface area contributed by atoms with Crippen molar-refractivity contribution in [1.29, 1.82) is 5.26 Å². The fraction of sp³-hybridized carbons (Fsp3) is 0.500. The number of rotatable bonds is 4. The zero-order valence-electron chi connectivity index (χ0n) is 15.2. The molecule has 140 valence electrons. The molecular weight excluding hydrogens is 370 g/mol. The van der Waals surface area contributed by atoms with E-state index in [1.807, 2.05) is 20.8 Å². The summed E-state index contributed by atoms with van der Waals surface area (Å²) in [5, 5.41) is 10.5. The van der Waals surface area contributed by atoms with Crippen LogP contribution in [0.3, 0.4) is 0 Å².